The Kier molecular flexibility index (Phi) is 3.18. The predicted octanol–water partition coefficient (Wildman–Crippen LogP) is 3.87. The zero-order valence-corrected chi connectivity index (χ0v) is 12.1. The van der Waals surface area contributed by atoms with E-state index in [1.54, 1.807) is 0 Å². The van der Waals surface area contributed by atoms with Crippen LogP contribution in [0.15, 0.2) is 42.6 Å². The minimum Gasteiger partial charge on any atom is -0.379 e. The Morgan fingerprint density at radius 2 is 1.90 bits per heavy atom. The summed E-state index contributed by atoms with van der Waals surface area (Å²) in [4.78, 5) is 4.59. The van der Waals surface area contributed by atoms with Crippen LogP contribution in [0, 0.1) is 20.8 Å². The lowest BCUT2D eigenvalue weighted by atomic mass is 10.1. The molecule has 1 aromatic carbocycles. The molecule has 0 spiro atoms. The minimum absolute atomic E-state index is 0.779. The van der Waals surface area contributed by atoms with Crippen molar-refractivity contribution in [2.75, 3.05) is 5.32 Å². The maximum absolute atomic E-state index is 4.59. The number of rotatable bonds is 3. The molecule has 2 heterocycles. The smallest absolute Gasteiger partial charge is 0.137 e. The van der Waals surface area contributed by atoms with Gasteiger partial charge in [-0.05, 0) is 50.1 Å². The van der Waals surface area contributed by atoms with E-state index in [0.29, 0.717) is 0 Å². The second-order valence-corrected chi connectivity index (χ2v) is 5.17. The Balaban J connectivity index is 1.90. The highest BCUT2D eigenvalue weighted by atomic mass is 15.0. The first-order chi connectivity index (χ1) is 9.66. The van der Waals surface area contributed by atoms with Crippen molar-refractivity contribution in [1.29, 1.82) is 0 Å². The van der Waals surface area contributed by atoms with Crippen molar-refractivity contribution in [3.63, 3.8) is 0 Å². The normalized spacial score (nSPS) is 10.9. The molecule has 1 N–H and O–H groups in total. The Hall–Kier alpha value is -2.29. The van der Waals surface area contributed by atoms with Crippen LogP contribution < -0.4 is 5.32 Å². The summed E-state index contributed by atoms with van der Waals surface area (Å²) in [5, 5.41) is 3.53. The molecule has 0 bridgehead atoms. The van der Waals surface area contributed by atoms with E-state index in [0.717, 1.165) is 17.9 Å². The highest BCUT2D eigenvalue weighted by Gasteiger charge is 2.08. The van der Waals surface area contributed by atoms with Gasteiger partial charge in [0.15, 0.2) is 0 Å². The lowest BCUT2D eigenvalue weighted by Crippen LogP contribution is -2.05. The number of anilines is 1. The molecule has 20 heavy (non-hydrogen) atoms. The topological polar surface area (TPSA) is 29.3 Å². The number of pyridine rings is 1. The molecule has 0 saturated heterocycles. The van der Waals surface area contributed by atoms with Crippen LogP contribution in [0.25, 0.3) is 5.65 Å². The van der Waals surface area contributed by atoms with Gasteiger partial charge in [-0.25, -0.2) is 4.98 Å². The fourth-order valence-corrected chi connectivity index (χ4v) is 2.50. The summed E-state index contributed by atoms with van der Waals surface area (Å²) in [5.41, 5.74) is 7.09. The molecule has 3 aromatic rings. The third-order valence-electron chi connectivity index (χ3n) is 3.88. The van der Waals surface area contributed by atoms with Gasteiger partial charge in [0.05, 0.1) is 17.9 Å². The Morgan fingerprint density at radius 3 is 2.75 bits per heavy atom. The maximum atomic E-state index is 4.59. The van der Waals surface area contributed by atoms with E-state index < -0.39 is 0 Å². The summed E-state index contributed by atoms with van der Waals surface area (Å²) in [6.45, 7) is 7.13. The van der Waals surface area contributed by atoms with E-state index in [1.807, 2.05) is 18.2 Å². The Morgan fingerprint density at radius 1 is 1.05 bits per heavy atom. The number of fused-ring (bicyclic) bond motifs is 1. The van der Waals surface area contributed by atoms with E-state index in [9.17, 15) is 0 Å². The summed E-state index contributed by atoms with van der Waals surface area (Å²) in [6, 6.07) is 12.4. The molecule has 0 unspecified atom stereocenters. The highest BCUT2D eigenvalue weighted by Crippen LogP contribution is 2.20. The van der Waals surface area contributed by atoms with E-state index in [4.69, 9.17) is 0 Å². The highest BCUT2D eigenvalue weighted by molar-refractivity contribution is 5.54. The molecule has 0 aliphatic rings. The molecule has 0 fully saturated rings. The van der Waals surface area contributed by atoms with Crippen LogP contribution in [-0.4, -0.2) is 9.38 Å². The van der Waals surface area contributed by atoms with Crippen molar-refractivity contribution >= 4 is 11.3 Å². The van der Waals surface area contributed by atoms with Crippen LogP contribution in [0.1, 0.15) is 22.5 Å². The molecular formula is C17H19N3. The van der Waals surface area contributed by atoms with Crippen LogP contribution in [0.4, 0.5) is 5.69 Å². The number of aromatic nitrogens is 2. The van der Waals surface area contributed by atoms with Gasteiger partial charge in [0.25, 0.3) is 0 Å². The molecule has 0 amide bonds. The number of benzene rings is 1. The Bertz CT molecular complexity index is 756. The van der Waals surface area contributed by atoms with Crippen molar-refractivity contribution in [2.45, 2.75) is 27.3 Å². The van der Waals surface area contributed by atoms with Crippen molar-refractivity contribution < 1.29 is 0 Å². The van der Waals surface area contributed by atoms with E-state index in [1.165, 1.54) is 22.5 Å². The van der Waals surface area contributed by atoms with Gasteiger partial charge in [-0.2, -0.15) is 0 Å². The summed E-state index contributed by atoms with van der Waals surface area (Å²) in [5.74, 6) is 0. The van der Waals surface area contributed by atoms with E-state index >= 15 is 0 Å². The standard InChI is InChI=1S/C17H19N3/c1-12-7-6-8-15(13(12)2)18-11-16-14(3)19-17-9-4-5-10-20(16)17/h4-10,18H,11H2,1-3H3. The lowest BCUT2D eigenvalue weighted by molar-refractivity contribution is 0.984. The molecule has 3 nitrogen and oxygen atoms in total. The third-order valence-corrected chi connectivity index (χ3v) is 3.88. The molecule has 102 valence electrons. The van der Waals surface area contributed by atoms with Gasteiger partial charge < -0.3 is 9.72 Å². The zero-order valence-electron chi connectivity index (χ0n) is 12.1. The molecule has 0 atom stereocenters. The average molecular weight is 265 g/mol. The fourth-order valence-electron chi connectivity index (χ4n) is 2.50. The van der Waals surface area contributed by atoms with Gasteiger partial charge in [0.1, 0.15) is 5.65 Å². The van der Waals surface area contributed by atoms with Gasteiger partial charge in [0.2, 0.25) is 0 Å². The molecule has 0 saturated carbocycles. The largest absolute Gasteiger partial charge is 0.379 e. The molecule has 0 aliphatic heterocycles. The Labute approximate surface area is 119 Å². The molecule has 0 aliphatic carbocycles. The van der Waals surface area contributed by atoms with Crippen LogP contribution in [0.2, 0.25) is 0 Å². The second-order valence-electron chi connectivity index (χ2n) is 5.17. The minimum atomic E-state index is 0.779. The average Bonchev–Trinajstić information content (AvgIpc) is 2.76. The lowest BCUT2D eigenvalue weighted by Gasteiger charge is -2.11. The molecule has 3 rings (SSSR count). The molecule has 0 radical (unpaired) electrons. The monoisotopic (exact) mass is 265 g/mol. The van der Waals surface area contributed by atoms with Gasteiger partial charge >= 0.3 is 0 Å². The number of imidazole rings is 1. The molecule has 3 heteroatoms. The number of aryl methyl sites for hydroxylation is 2. The first-order valence-corrected chi connectivity index (χ1v) is 6.89. The summed E-state index contributed by atoms with van der Waals surface area (Å²) >= 11 is 0. The number of hydrogen-bond acceptors (Lipinski definition) is 2. The number of hydrogen-bond donors (Lipinski definition) is 1. The van der Waals surface area contributed by atoms with Crippen molar-refractivity contribution in [1.82, 2.24) is 9.38 Å². The maximum Gasteiger partial charge on any atom is 0.137 e. The van der Waals surface area contributed by atoms with Crippen molar-refractivity contribution in [3.8, 4) is 0 Å². The SMILES string of the molecule is Cc1cccc(NCc2c(C)nc3ccccn23)c1C. The summed E-state index contributed by atoms with van der Waals surface area (Å²) < 4.78 is 2.15. The molecule has 2 aromatic heterocycles. The van der Waals surface area contributed by atoms with Crippen molar-refractivity contribution in [2.24, 2.45) is 0 Å². The van der Waals surface area contributed by atoms with Crippen LogP contribution in [0.3, 0.4) is 0 Å². The first kappa shape index (κ1) is 12.7. The van der Waals surface area contributed by atoms with Gasteiger partial charge in [-0.3, -0.25) is 0 Å². The van der Waals surface area contributed by atoms with Crippen LogP contribution >= 0.6 is 0 Å². The van der Waals surface area contributed by atoms with Gasteiger partial charge in [-0.1, -0.05) is 18.2 Å². The summed E-state index contributed by atoms with van der Waals surface area (Å²) in [6.07, 6.45) is 2.06. The summed E-state index contributed by atoms with van der Waals surface area (Å²) in [7, 11) is 0. The fraction of sp³-hybridized carbons (Fsp3) is 0.235. The van der Waals surface area contributed by atoms with E-state index in [2.05, 4.69) is 59.9 Å². The quantitative estimate of drug-likeness (QED) is 0.779. The number of nitrogens with one attached hydrogen (secondary N) is 1. The van der Waals surface area contributed by atoms with Crippen molar-refractivity contribution in [3.05, 3.63) is 65.1 Å². The first-order valence-electron chi connectivity index (χ1n) is 6.89. The van der Waals surface area contributed by atoms with Gasteiger partial charge in [-0.15, -0.1) is 0 Å². The third kappa shape index (κ3) is 2.16. The van der Waals surface area contributed by atoms with Crippen LogP contribution in [0.5, 0.6) is 0 Å². The zero-order chi connectivity index (χ0) is 14.1. The number of nitrogens with zero attached hydrogens (tertiary/aromatic N) is 2. The predicted molar refractivity (Wildman–Crippen MR) is 83.2 cm³/mol. The molecular weight excluding hydrogens is 246 g/mol. The van der Waals surface area contributed by atoms with E-state index in [-0.39, 0.29) is 0 Å². The van der Waals surface area contributed by atoms with Crippen LogP contribution in [-0.2, 0) is 6.54 Å². The van der Waals surface area contributed by atoms with Gasteiger partial charge in [0, 0.05) is 11.9 Å². The second kappa shape index (κ2) is 5.00.